The Morgan fingerprint density at radius 1 is 1.17 bits per heavy atom. The van der Waals surface area contributed by atoms with E-state index in [2.05, 4.69) is 59.3 Å². The third-order valence-electron chi connectivity index (χ3n) is 4.90. The van der Waals surface area contributed by atoms with Crippen LogP contribution < -0.4 is 5.32 Å². The Bertz CT molecular complexity index is 597. The monoisotopic (exact) mass is 311 g/mol. The molecule has 3 nitrogen and oxygen atoms in total. The van der Waals surface area contributed by atoms with Crippen LogP contribution in [-0.2, 0) is 6.42 Å². The molecule has 0 spiro atoms. The lowest BCUT2D eigenvalue weighted by Gasteiger charge is -2.24. The van der Waals surface area contributed by atoms with Crippen LogP contribution in [0.5, 0.6) is 0 Å². The van der Waals surface area contributed by atoms with Crippen molar-refractivity contribution in [3.8, 4) is 5.69 Å². The van der Waals surface area contributed by atoms with Crippen LogP contribution in [0.15, 0.2) is 36.4 Å². The lowest BCUT2D eigenvalue weighted by Crippen LogP contribution is -2.34. The Morgan fingerprint density at radius 3 is 2.65 bits per heavy atom. The lowest BCUT2D eigenvalue weighted by molar-refractivity contribution is 0.329. The van der Waals surface area contributed by atoms with Gasteiger partial charge in [0.2, 0.25) is 0 Å². The van der Waals surface area contributed by atoms with Gasteiger partial charge in [-0.1, -0.05) is 37.5 Å². The summed E-state index contributed by atoms with van der Waals surface area (Å²) in [4.78, 5) is 0. The van der Waals surface area contributed by atoms with E-state index in [1.807, 2.05) is 6.07 Å². The van der Waals surface area contributed by atoms with Crippen LogP contribution in [0.2, 0.25) is 0 Å². The Kier molecular flexibility index (Phi) is 5.50. The molecule has 1 aliphatic rings. The van der Waals surface area contributed by atoms with Crippen LogP contribution in [-0.4, -0.2) is 22.4 Å². The van der Waals surface area contributed by atoms with Crippen LogP contribution in [0.25, 0.3) is 5.69 Å². The second kappa shape index (κ2) is 7.78. The molecule has 1 aromatic carbocycles. The smallest absolute Gasteiger partial charge is 0.0648 e. The zero-order chi connectivity index (χ0) is 16.1. The van der Waals surface area contributed by atoms with E-state index in [9.17, 15) is 0 Å². The molecule has 2 aromatic rings. The Morgan fingerprint density at radius 2 is 1.91 bits per heavy atom. The summed E-state index contributed by atoms with van der Waals surface area (Å²) in [7, 11) is 0. The molecule has 0 amide bonds. The summed E-state index contributed by atoms with van der Waals surface area (Å²) in [6.45, 7) is 5.53. The fourth-order valence-corrected chi connectivity index (χ4v) is 3.64. The zero-order valence-corrected chi connectivity index (χ0v) is 14.5. The molecule has 0 saturated heterocycles. The van der Waals surface area contributed by atoms with Gasteiger partial charge in [0.05, 0.1) is 11.4 Å². The number of para-hydroxylation sites is 1. The maximum absolute atomic E-state index is 4.67. The van der Waals surface area contributed by atoms with Crippen molar-refractivity contribution < 1.29 is 0 Å². The summed E-state index contributed by atoms with van der Waals surface area (Å²) in [6.07, 6.45) is 8.09. The van der Waals surface area contributed by atoms with Crippen LogP contribution in [0, 0.1) is 12.8 Å². The normalized spacial score (nSPS) is 17.3. The van der Waals surface area contributed by atoms with Gasteiger partial charge in [0.15, 0.2) is 0 Å². The number of hydrogen-bond acceptors (Lipinski definition) is 2. The highest BCUT2D eigenvalue weighted by Gasteiger charge is 2.15. The summed E-state index contributed by atoms with van der Waals surface area (Å²) in [5.41, 5.74) is 3.52. The van der Waals surface area contributed by atoms with E-state index in [1.165, 1.54) is 44.3 Å². The molecule has 1 N–H and O–H groups in total. The second-order valence-corrected chi connectivity index (χ2v) is 7.04. The first kappa shape index (κ1) is 16.3. The van der Waals surface area contributed by atoms with Crippen molar-refractivity contribution in [1.29, 1.82) is 0 Å². The second-order valence-electron chi connectivity index (χ2n) is 7.04. The number of aromatic nitrogens is 2. The summed E-state index contributed by atoms with van der Waals surface area (Å²) in [5, 5.41) is 8.42. The Labute approximate surface area is 140 Å². The van der Waals surface area contributed by atoms with Gasteiger partial charge >= 0.3 is 0 Å². The minimum Gasteiger partial charge on any atom is -0.314 e. The largest absolute Gasteiger partial charge is 0.314 e. The molecule has 3 heteroatoms. The highest BCUT2D eigenvalue weighted by atomic mass is 15.3. The minimum absolute atomic E-state index is 0.482. The van der Waals surface area contributed by atoms with Crippen molar-refractivity contribution in [2.75, 3.05) is 6.54 Å². The number of hydrogen-bond donors (Lipinski definition) is 1. The van der Waals surface area contributed by atoms with Gasteiger partial charge in [-0.2, -0.15) is 5.10 Å². The van der Waals surface area contributed by atoms with E-state index in [-0.39, 0.29) is 0 Å². The van der Waals surface area contributed by atoms with E-state index >= 15 is 0 Å². The predicted molar refractivity (Wildman–Crippen MR) is 96.0 cm³/mol. The zero-order valence-electron chi connectivity index (χ0n) is 14.5. The first-order valence-electron chi connectivity index (χ1n) is 9.06. The number of aryl methyl sites for hydroxylation is 1. The molecule has 0 radical (unpaired) electrons. The first-order chi connectivity index (χ1) is 11.2. The van der Waals surface area contributed by atoms with Crippen molar-refractivity contribution in [1.82, 2.24) is 15.1 Å². The molecule has 1 aliphatic carbocycles. The van der Waals surface area contributed by atoms with E-state index in [0.717, 1.165) is 23.7 Å². The van der Waals surface area contributed by atoms with Gasteiger partial charge in [-0.25, -0.2) is 4.68 Å². The quantitative estimate of drug-likeness (QED) is 0.863. The number of rotatable bonds is 6. The highest BCUT2D eigenvalue weighted by molar-refractivity contribution is 5.33. The van der Waals surface area contributed by atoms with E-state index in [1.54, 1.807) is 0 Å². The number of nitrogens with one attached hydrogen (secondary N) is 1. The topological polar surface area (TPSA) is 29.9 Å². The Balaban J connectivity index is 1.61. The van der Waals surface area contributed by atoms with Gasteiger partial charge in [-0.3, -0.25) is 0 Å². The van der Waals surface area contributed by atoms with Crippen LogP contribution >= 0.6 is 0 Å². The average Bonchev–Trinajstić information content (AvgIpc) is 2.95. The molecule has 1 unspecified atom stereocenters. The van der Waals surface area contributed by atoms with Crippen molar-refractivity contribution in [3.63, 3.8) is 0 Å². The van der Waals surface area contributed by atoms with Gasteiger partial charge in [0.1, 0.15) is 0 Å². The van der Waals surface area contributed by atoms with Crippen molar-refractivity contribution in [3.05, 3.63) is 47.8 Å². The molecule has 1 saturated carbocycles. The molecule has 0 bridgehead atoms. The van der Waals surface area contributed by atoms with E-state index in [0.29, 0.717) is 6.04 Å². The molecular weight excluding hydrogens is 282 g/mol. The molecule has 3 rings (SSSR count). The van der Waals surface area contributed by atoms with Gasteiger partial charge in [-0.15, -0.1) is 0 Å². The molecule has 0 aliphatic heterocycles. The third-order valence-corrected chi connectivity index (χ3v) is 4.90. The predicted octanol–water partition coefficient (Wildman–Crippen LogP) is 4.28. The first-order valence-corrected chi connectivity index (χ1v) is 9.06. The number of benzene rings is 1. The summed E-state index contributed by atoms with van der Waals surface area (Å²) < 4.78 is 2.09. The fraction of sp³-hybridized carbons (Fsp3) is 0.550. The lowest BCUT2D eigenvalue weighted by atomic mass is 9.89. The molecular formula is C20H29N3. The maximum atomic E-state index is 4.67. The molecule has 1 atom stereocenters. The van der Waals surface area contributed by atoms with Gasteiger partial charge in [0.25, 0.3) is 0 Å². The third kappa shape index (κ3) is 4.44. The van der Waals surface area contributed by atoms with Crippen LogP contribution in [0.1, 0.15) is 50.4 Å². The van der Waals surface area contributed by atoms with Gasteiger partial charge in [0, 0.05) is 18.2 Å². The van der Waals surface area contributed by atoms with Crippen molar-refractivity contribution in [2.45, 2.75) is 58.4 Å². The van der Waals surface area contributed by atoms with Gasteiger partial charge in [-0.05, 0) is 57.4 Å². The van der Waals surface area contributed by atoms with Crippen molar-refractivity contribution >= 4 is 0 Å². The van der Waals surface area contributed by atoms with Crippen LogP contribution in [0.3, 0.4) is 0 Å². The Hall–Kier alpha value is -1.61. The SMILES string of the molecule is Cc1cc(CC(C)NCC2CCCCC2)n(-c2ccccc2)n1. The highest BCUT2D eigenvalue weighted by Crippen LogP contribution is 2.23. The van der Waals surface area contributed by atoms with E-state index < -0.39 is 0 Å². The molecule has 23 heavy (non-hydrogen) atoms. The fourth-order valence-electron chi connectivity index (χ4n) is 3.64. The van der Waals surface area contributed by atoms with Crippen LogP contribution in [0.4, 0.5) is 0 Å². The summed E-state index contributed by atoms with van der Waals surface area (Å²) >= 11 is 0. The molecule has 124 valence electrons. The molecule has 1 aromatic heterocycles. The van der Waals surface area contributed by atoms with E-state index in [4.69, 9.17) is 0 Å². The molecule has 1 fully saturated rings. The van der Waals surface area contributed by atoms with Gasteiger partial charge < -0.3 is 5.32 Å². The standard InChI is InChI=1S/C20H29N3/c1-16(21-15-18-9-5-3-6-10-18)13-20-14-17(2)22-23(20)19-11-7-4-8-12-19/h4,7-8,11-12,14,16,18,21H,3,5-6,9-10,13,15H2,1-2H3. The summed E-state index contributed by atoms with van der Waals surface area (Å²) in [6, 6.07) is 13.1. The maximum Gasteiger partial charge on any atom is 0.0648 e. The van der Waals surface area contributed by atoms with Crippen molar-refractivity contribution in [2.24, 2.45) is 5.92 Å². The minimum atomic E-state index is 0.482. The number of nitrogens with zero attached hydrogens (tertiary/aromatic N) is 2. The summed E-state index contributed by atoms with van der Waals surface area (Å²) in [5.74, 6) is 0.881. The average molecular weight is 311 g/mol. The molecule has 1 heterocycles.